The SMILES string of the molecule is CC1CCCC(N)(C(=O)NOC2CCCC2)C1. The van der Waals surface area contributed by atoms with Gasteiger partial charge in [-0.3, -0.25) is 9.63 Å². The second-order valence-electron chi connectivity index (χ2n) is 5.81. The Hall–Kier alpha value is -0.610. The van der Waals surface area contributed by atoms with Crippen molar-refractivity contribution >= 4 is 5.91 Å². The second kappa shape index (κ2) is 5.36. The summed E-state index contributed by atoms with van der Waals surface area (Å²) in [5, 5.41) is 0. The first-order chi connectivity index (χ1) is 8.10. The van der Waals surface area contributed by atoms with E-state index < -0.39 is 5.54 Å². The van der Waals surface area contributed by atoms with Crippen LogP contribution in [0.15, 0.2) is 0 Å². The van der Waals surface area contributed by atoms with E-state index in [1.54, 1.807) is 0 Å². The zero-order chi connectivity index (χ0) is 12.3. The summed E-state index contributed by atoms with van der Waals surface area (Å²) in [6.07, 6.45) is 8.46. The van der Waals surface area contributed by atoms with Gasteiger partial charge in [0.05, 0.1) is 11.6 Å². The highest BCUT2D eigenvalue weighted by Gasteiger charge is 2.38. The third kappa shape index (κ3) is 3.19. The topological polar surface area (TPSA) is 64.4 Å². The van der Waals surface area contributed by atoms with Crippen LogP contribution >= 0.6 is 0 Å². The first kappa shape index (κ1) is 12.8. The number of nitrogens with two attached hydrogens (primary N) is 1. The van der Waals surface area contributed by atoms with Crippen LogP contribution in [0.2, 0.25) is 0 Å². The van der Waals surface area contributed by atoms with Crippen LogP contribution in [0.1, 0.15) is 58.3 Å². The van der Waals surface area contributed by atoms with Crippen molar-refractivity contribution in [2.45, 2.75) is 69.9 Å². The lowest BCUT2D eigenvalue weighted by Crippen LogP contribution is -2.56. The Kier molecular flexibility index (Phi) is 4.05. The van der Waals surface area contributed by atoms with E-state index in [4.69, 9.17) is 10.6 Å². The normalized spacial score (nSPS) is 34.8. The summed E-state index contributed by atoms with van der Waals surface area (Å²) in [5.41, 5.74) is 8.07. The van der Waals surface area contributed by atoms with Crippen molar-refractivity contribution in [3.8, 4) is 0 Å². The van der Waals surface area contributed by atoms with Gasteiger partial charge < -0.3 is 5.73 Å². The number of rotatable bonds is 3. The van der Waals surface area contributed by atoms with Crippen LogP contribution in [0.3, 0.4) is 0 Å². The van der Waals surface area contributed by atoms with Gasteiger partial charge >= 0.3 is 0 Å². The van der Waals surface area contributed by atoms with Crippen LogP contribution in [-0.4, -0.2) is 17.6 Å². The third-order valence-corrected chi connectivity index (χ3v) is 4.11. The fraction of sp³-hybridized carbons (Fsp3) is 0.923. The summed E-state index contributed by atoms with van der Waals surface area (Å²) < 4.78 is 0. The number of hydroxylamine groups is 1. The Balaban J connectivity index is 1.81. The molecule has 2 aliphatic rings. The molecule has 17 heavy (non-hydrogen) atoms. The van der Waals surface area contributed by atoms with Crippen molar-refractivity contribution in [3.63, 3.8) is 0 Å². The van der Waals surface area contributed by atoms with Crippen LogP contribution in [-0.2, 0) is 9.63 Å². The third-order valence-electron chi connectivity index (χ3n) is 4.11. The van der Waals surface area contributed by atoms with Gasteiger partial charge in [-0.05, 0) is 31.6 Å². The molecule has 2 unspecified atom stereocenters. The molecule has 2 saturated carbocycles. The Morgan fingerprint density at radius 1 is 1.29 bits per heavy atom. The molecule has 4 heteroatoms. The highest BCUT2D eigenvalue weighted by atomic mass is 16.7. The van der Waals surface area contributed by atoms with Gasteiger partial charge in [-0.1, -0.05) is 32.6 Å². The van der Waals surface area contributed by atoms with Crippen molar-refractivity contribution in [2.75, 3.05) is 0 Å². The summed E-state index contributed by atoms with van der Waals surface area (Å²) in [4.78, 5) is 17.5. The molecule has 0 aromatic heterocycles. The van der Waals surface area contributed by atoms with Crippen LogP contribution < -0.4 is 11.2 Å². The molecule has 0 aliphatic heterocycles. The minimum atomic E-state index is -0.712. The lowest BCUT2D eigenvalue weighted by molar-refractivity contribution is -0.145. The van der Waals surface area contributed by atoms with E-state index in [-0.39, 0.29) is 12.0 Å². The van der Waals surface area contributed by atoms with E-state index in [1.165, 1.54) is 19.3 Å². The van der Waals surface area contributed by atoms with Crippen LogP contribution in [0.5, 0.6) is 0 Å². The average molecular weight is 240 g/mol. The van der Waals surface area contributed by atoms with Gasteiger partial charge in [0.25, 0.3) is 5.91 Å². The first-order valence-corrected chi connectivity index (χ1v) is 6.85. The van der Waals surface area contributed by atoms with Gasteiger partial charge in [-0.2, -0.15) is 0 Å². The number of nitrogens with one attached hydrogen (secondary N) is 1. The van der Waals surface area contributed by atoms with Gasteiger partial charge in [-0.25, -0.2) is 5.48 Å². The smallest absolute Gasteiger partial charge is 0.263 e. The van der Waals surface area contributed by atoms with E-state index in [9.17, 15) is 4.79 Å². The maximum absolute atomic E-state index is 12.1. The highest BCUT2D eigenvalue weighted by molar-refractivity contribution is 5.85. The molecule has 1 amide bonds. The lowest BCUT2D eigenvalue weighted by Gasteiger charge is -2.35. The molecule has 3 N–H and O–H groups in total. The van der Waals surface area contributed by atoms with E-state index in [1.807, 2.05) is 0 Å². The summed E-state index contributed by atoms with van der Waals surface area (Å²) in [6.45, 7) is 2.16. The molecular weight excluding hydrogens is 216 g/mol. The van der Waals surface area contributed by atoms with E-state index in [0.29, 0.717) is 5.92 Å². The first-order valence-electron chi connectivity index (χ1n) is 6.85. The van der Waals surface area contributed by atoms with E-state index in [2.05, 4.69) is 12.4 Å². The molecule has 2 fully saturated rings. The van der Waals surface area contributed by atoms with Gasteiger partial charge in [-0.15, -0.1) is 0 Å². The Bertz CT molecular complexity index is 277. The molecule has 2 rings (SSSR count). The molecule has 0 aromatic carbocycles. The molecule has 0 radical (unpaired) electrons. The molecule has 98 valence electrons. The summed E-state index contributed by atoms with van der Waals surface area (Å²) in [6, 6.07) is 0. The lowest BCUT2D eigenvalue weighted by atomic mass is 9.77. The Labute approximate surface area is 103 Å². The number of carbonyl (C=O) groups is 1. The predicted molar refractivity (Wildman–Crippen MR) is 66.0 cm³/mol. The predicted octanol–water partition coefficient (Wildman–Crippen LogP) is 1.88. The maximum atomic E-state index is 12.1. The number of hydrogen-bond acceptors (Lipinski definition) is 3. The average Bonchev–Trinajstić information content (AvgIpc) is 2.78. The highest BCUT2D eigenvalue weighted by Crippen LogP contribution is 2.30. The zero-order valence-corrected chi connectivity index (χ0v) is 10.7. The summed E-state index contributed by atoms with van der Waals surface area (Å²) in [7, 11) is 0. The molecule has 0 bridgehead atoms. The van der Waals surface area contributed by atoms with Crippen LogP contribution in [0.4, 0.5) is 0 Å². The molecule has 0 aromatic rings. The van der Waals surface area contributed by atoms with E-state index in [0.717, 1.165) is 32.1 Å². The van der Waals surface area contributed by atoms with Gasteiger partial charge in [0.1, 0.15) is 0 Å². The largest absolute Gasteiger partial charge is 0.317 e. The zero-order valence-electron chi connectivity index (χ0n) is 10.7. The molecule has 2 atom stereocenters. The van der Waals surface area contributed by atoms with Crippen LogP contribution in [0, 0.1) is 5.92 Å². The summed E-state index contributed by atoms with van der Waals surface area (Å²) >= 11 is 0. The van der Waals surface area contributed by atoms with Crippen LogP contribution in [0.25, 0.3) is 0 Å². The van der Waals surface area contributed by atoms with E-state index >= 15 is 0 Å². The molecule has 4 nitrogen and oxygen atoms in total. The minimum Gasteiger partial charge on any atom is -0.317 e. The Morgan fingerprint density at radius 3 is 2.65 bits per heavy atom. The molecule has 0 spiro atoms. The minimum absolute atomic E-state index is 0.129. The second-order valence-corrected chi connectivity index (χ2v) is 5.81. The fourth-order valence-corrected chi connectivity index (χ4v) is 3.04. The summed E-state index contributed by atoms with van der Waals surface area (Å²) in [5.74, 6) is 0.405. The standard InChI is InChI=1S/C13H24N2O2/c1-10-5-4-8-13(14,9-10)12(16)15-17-11-6-2-3-7-11/h10-11H,2-9,14H2,1H3,(H,15,16). The number of amides is 1. The van der Waals surface area contributed by atoms with Crippen molar-refractivity contribution in [1.29, 1.82) is 0 Å². The molecular formula is C13H24N2O2. The quantitative estimate of drug-likeness (QED) is 0.740. The number of hydrogen-bond donors (Lipinski definition) is 2. The number of carbonyl (C=O) groups excluding carboxylic acids is 1. The molecule has 2 aliphatic carbocycles. The van der Waals surface area contributed by atoms with Gasteiger partial charge in [0, 0.05) is 0 Å². The maximum Gasteiger partial charge on any atom is 0.263 e. The van der Waals surface area contributed by atoms with Crippen molar-refractivity contribution in [1.82, 2.24) is 5.48 Å². The molecule has 0 heterocycles. The Morgan fingerprint density at radius 2 is 2.00 bits per heavy atom. The molecule has 0 saturated heterocycles. The van der Waals surface area contributed by atoms with Crippen molar-refractivity contribution in [2.24, 2.45) is 11.7 Å². The van der Waals surface area contributed by atoms with Gasteiger partial charge in [0.2, 0.25) is 0 Å². The fourth-order valence-electron chi connectivity index (χ4n) is 3.04. The van der Waals surface area contributed by atoms with Crippen molar-refractivity contribution < 1.29 is 9.63 Å². The monoisotopic (exact) mass is 240 g/mol. The van der Waals surface area contributed by atoms with Crippen molar-refractivity contribution in [3.05, 3.63) is 0 Å². The van der Waals surface area contributed by atoms with Gasteiger partial charge in [0.15, 0.2) is 0 Å².